The number of nitrogens with one attached hydrogen (secondary N) is 2. The lowest BCUT2D eigenvalue weighted by Crippen LogP contribution is -2.50. The van der Waals surface area contributed by atoms with Crippen molar-refractivity contribution in [3.8, 4) is 5.88 Å². The van der Waals surface area contributed by atoms with Crippen molar-refractivity contribution in [2.45, 2.75) is 13.0 Å². The monoisotopic (exact) mass is 486 g/mol. The Morgan fingerprint density at radius 2 is 2.09 bits per heavy atom. The van der Waals surface area contributed by atoms with E-state index < -0.39 is 11.7 Å². The van der Waals surface area contributed by atoms with Gasteiger partial charge in [-0.25, -0.2) is 13.8 Å². The molecule has 34 heavy (non-hydrogen) atoms. The second kappa shape index (κ2) is 9.03. The fraction of sp³-hybridized carbons (Fsp3) is 0.261. The first-order valence-electron chi connectivity index (χ1n) is 10.7. The number of aromatic nitrogens is 2. The van der Waals surface area contributed by atoms with Crippen molar-refractivity contribution in [2.75, 3.05) is 41.5 Å². The SMILES string of the molecule is C[C@@H]1CNCCN1c1ccc(Nc2ncc3c(n2)OCN(c2c(F)cccc2Cl)C3=O)cc1F. The Labute approximate surface area is 199 Å². The number of para-hydroxylation sites is 1. The first kappa shape index (κ1) is 22.3. The predicted molar refractivity (Wildman–Crippen MR) is 125 cm³/mol. The molecular formula is C23H21ClF2N6O2. The highest BCUT2D eigenvalue weighted by molar-refractivity contribution is 6.34. The molecule has 1 atom stereocenters. The third-order valence-corrected chi connectivity index (χ3v) is 6.09. The van der Waals surface area contributed by atoms with E-state index in [2.05, 4.69) is 20.6 Å². The number of fused-ring (bicyclic) bond motifs is 1. The van der Waals surface area contributed by atoms with E-state index in [4.69, 9.17) is 16.3 Å². The molecule has 176 valence electrons. The normalized spacial score (nSPS) is 17.9. The van der Waals surface area contributed by atoms with Crippen LogP contribution in [0.25, 0.3) is 0 Å². The van der Waals surface area contributed by atoms with E-state index in [1.807, 2.05) is 11.8 Å². The minimum Gasteiger partial charge on any atom is -0.455 e. The molecule has 0 spiro atoms. The van der Waals surface area contributed by atoms with Crippen molar-refractivity contribution in [3.63, 3.8) is 0 Å². The van der Waals surface area contributed by atoms with E-state index in [1.165, 1.54) is 30.5 Å². The first-order valence-corrected chi connectivity index (χ1v) is 11.1. The third kappa shape index (κ3) is 4.10. The van der Waals surface area contributed by atoms with E-state index in [9.17, 15) is 13.6 Å². The van der Waals surface area contributed by atoms with Gasteiger partial charge in [0.05, 0.1) is 10.7 Å². The van der Waals surface area contributed by atoms with Crippen LogP contribution in [0.2, 0.25) is 5.02 Å². The molecule has 8 nitrogen and oxygen atoms in total. The molecule has 0 aliphatic carbocycles. The van der Waals surface area contributed by atoms with Crippen LogP contribution in [-0.4, -0.2) is 48.3 Å². The van der Waals surface area contributed by atoms with Gasteiger partial charge in [-0.1, -0.05) is 17.7 Å². The van der Waals surface area contributed by atoms with Crippen LogP contribution in [0.5, 0.6) is 5.88 Å². The zero-order valence-corrected chi connectivity index (χ0v) is 18.9. The van der Waals surface area contributed by atoms with Crippen LogP contribution in [0.15, 0.2) is 42.6 Å². The molecule has 1 saturated heterocycles. The molecule has 5 rings (SSSR count). The second-order valence-electron chi connectivity index (χ2n) is 8.03. The van der Waals surface area contributed by atoms with Crippen molar-refractivity contribution in [3.05, 3.63) is 64.8 Å². The van der Waals surface area contributed by atoms with Crippen LogP contribution in [0.1, 0.15) is 17.3 Å². The molecule has 1 aromatic heterocycles. The van der Waals surface area contributed by atoms with Crippen molar-refractivity contribution in [2.24, 2.45) is 0 Å². The number of benzene rings is 2. The number of nitrogens with zero attached hydrogens (tertiary/aromatic N) is 4. The van der Waals surface area contributed by atoms with E-state index in [0.717, 1.165) is 24.5 Å². The summed E-state index contributed by atoms with van der Waals surface area (Å²) in [4.78, 5) is 24.4. The van der Waals surface area contributed by atoms with E-state index in [1.54, 1.807) is 12.1 Å². The number of carbonyl (C=O) groups is 1. The second-order valence-corrected chi connectivity index (χ2v) is 8.43. The highest BCUT2D eigenvalue weighted by atomic mass is 35.5. The van der Waals surface area contributed by atoms with Gasteiger partial charge in [-0.2, -0.15) is 4.98 Å². The van der Waals surface area contributed by atoms with E-state index >= 15 is 0 Å². The molecule has 1 amide bonds. The average molecular weight is 487 g/mol. The maximum atomic E-state index is 14.8. The standard InChI is InChI=1S/C23H21ClF2N6O2/c1-13-10-27-7-8-31(13)19-6-5-14(9-18(19)26)29-23-28-11-15-21(30-23)34-12-32(22(15)33)20-16(24)3-2-4-17(20)25/h2-6,9,11,13,27H,7-8,10,12H2,1H3,(H,28,29,30)/t13-/m1/s1. The van der Waals surface area contributed by atoms with Gasteiger partial charge in [0.1, 0.15) is 22.9 Å². The van der Waals surface area contributed by atoms with Crippen LogP contribution < -0.4 is 25.2 Å². The maximum Gasteiger partial charge on any atom is 0.268 e. The molecule has 11 heteroatoms. The van der Waals surface area contributed by atoms with Gasteiger partial charge in [0, 0.05) is 37.6 Å². The minimum absolute atomic E-state index is 0.0398. The number of hydrogen-bond donors (Lipinski definition) is 2. The Morgan fingerprint density at radius 3 is 2.85 bits per heavy atom. The molecular weight excluding hydrogens is 466 g/mol. The zero-order chi connectivity index (χ0) is 23.8. The van der Waals surface area contributed by atoms with E-state index in [0.29, 0.717) is 11.4 Å². The summed E-state index contributed by atoms with van der Waals surface area (Å²) in [5.74, 6) is -1.38. The van der Waals surface area contributed by atoms with Crippen molar-refractivity contribution in [1.29, 1.82) is 0 Å². The summed E-state index contributed by atoms with van der Waals surface area (Å²) in [6.45, 7) is 4.09. The van der Waals surface area contributed by atoms with Gasteiger partial charge in [-0.15, -0.1) is 0 Å². The van der Waals surface area contributed by atoms with Gasteiger partial charge in [-0.3, -0.25) is 9.69 Å². The first-order chi connectivity index (χ1) is 16.4. The predicted octanol–water partition coefficient (Wildman–Crippen LogP) is 3.95. The number of carbonyl (C=O) groups excluding carboxylic acids is 1. The molecule has 2 aliphatic rings. The largest absolute Gasteiger partial charge is 0.455 e. The van der Waals surface area contributed by atoms with Gasteiger partial charge < -0.3 is 20.3 Å². The Bertz CT molecular complexity index is 1240. The van der Waals surface area contributed by atoms with Crippen LogP contribution in [0.3, 0.4) is 0 Å². The summed E-state index contributed by atoms with van der Waals surface area (Å²) in [7, 11) is 0. The van der Waals surface area contributed by atoms with Crippen LogP contribution in [0, 0.1) is 11.6 Å². The van der Waals surface area contributed by atoms with Crippen LogP contribution in [0.4, 0.5) is 31.8 Å². The van der Waals surface area contributed by atoms with Crippen molar-refractivity contribution in [1.82, 2.24) is 15.3 Å². The zero-order valence-electron chi connectivity index (χ0n) is 18.2. The lowest BCUT2D eigenvalue weighted by molar-refractivity contribution is 0.0931. The Morgan fingerprint density at radius 1 is 1.24 bits per heavy atom. The summed E-state index contributed by atoms with van der Waals surface area (Å²) in [5, 5.41) is 6.30. The number of piperazine rings is 1. The van der Waals surface area contributed by atoms with Gasteiger partial charge >= 0.3 is 0 Å². The van der Waals surface area contributed by atoms with Crippen LogP contribution >= 0.6 is 11.6 Å². The van der Waals surface area contributed by atoms with Gasteiger partial charge in [0.2, 0.25) is 11.8 Å². The minimum atomic E-state index is -0.646. The molecule has 0 unspecified atom stereocenters. The van der Waals surface area contributed by atoms with Crippen LogP contribution in [-0.2, 0) is 0 Å². The summed E-state index contributed by atoms with van der Waals surface area (Å²) in [6.07, 6.45) is 1.28. The highest BCUT2D eigenvalue weighted by Crippen LogP contribution is 2.34. The molecule has 3 aromatic rings. The molecule has 0 radical (unpaired) electrons. The number of rotatable bonds is 4. The smallest absolute Gasteiger partial charge is 0.268 e. The maximum absolute atomic E-state index is 14.8. The quantitative estimate of drug-likeness (QED) is 0.578. The molecule has 2 aromatic carbocycles. The summed E-state index contributed by atoms with van der Waals surface area (Å²) < 4.78 is 34.7. The Hall–Kier alpha value is -3.50. The number of hydrogen-bond acceptors (Lipinski definition) is 7. The van der Waals surface area contributed by atoms with Gasteiger partial charge in [-0.05, 0) is 37.3 Å². The number of ether oxygens (including phenoxy) is 1. The lowest BCUT2D eigenvalue weighted by Gasteiger charge is -2.36. The van der Waals surface area contributed by atoms with Crippen molar-refractivity contribution >= 4 is 40.5 Å². The Kier molecular flexibility index (Phi) is 5.93. The molecule has 2 aliphatic heterocycles. The fourth-order valence-electron chi connectivity index (χ4n) is 4.07. The lowest BCUT2D eigenvalue weighted by atomic mass is 10.1. The summed E-state index contributed by atoms with van der Waals surface area (Å²) >= 11 is 6.08. The molecule has 1 fully saturated rings. The van der Waals surface area contributed by atoms with Crippen molar-refractivity contribution < 1.29 is 18.3 Å². The average Bonchev–Trinajstić information content (AvgIpc) is 2.81. The van der Waals surface area contributed by atoms with E-state index in [-0.39, 0.29) is 46.7 Å². The Balaban J connectivity index is 1.35. The fourth-order valence-corrected chi connectivity index (χ4v) is 4.34. The number of anilines is 4. The summed E-state index contributed by atoms with van der Waals surface area (Å²) in [5.41, 5.74) is 0.972. The molecule has 2 N–H and O–H groups in total. The molecule has 0 bridgehead atoms. The van der Waals surface area contributed by atoms with Gasteiger partial charge in [0.25, 0.3) is 5.91 Å². The topological polar surface area (TPSA) is 82.6 Å². The molecule has 0 saturated carbocycles. The number of halogens is 3. The number of amides is 1. The third-order valence-electron chi connectivity index (χ3n) is 5.78. The molecule has 3 heterocycles. The highest BCUT2D eigenvalue weighted by Gasteiger charge is 2.32. The van der Waals surface area contributed by atoms with Gasteiger partial charge in [0.15, 0.2) is 6.73 Å². The summed E-state index contributed by atoms with van der Waals surface area (Å²) in [6, 6.07) is 9.16.